The van der Waals surface area contributed by atoms with Gasteiger partial charge in [0.05, 0.1) is 6.04 Å². The van der Waals surface area contributed by atoms with Crippen molar-refractivity contribution in [2.45, 2.75) is 38.3 Å². The standard InChI is InChI=1S/C18H24F2N2O2/c19-15-3-1-4-16(20)14(15)12-22-8-2-5-17(22)18(23)21-11-13-6-9-24-10-7-13/h1,3-4,13,17H,2,5-12H2,(H,21,23). The van der Waals surface area contributed by atoms with Crippen LogP contribution < -0.4 is 5.32 Å². The topological polar surface area (TPSA) is 41.6 Å². The monoisotopic (exact) mass is 338 g/mol. The summed E-state index contributed by atoms with van der Waals surface area (Å²) >= 11 is 0. The van der Waals surface area contributed by atoms with Crippen molar-refractivity contribution in [3.63, 3.8) is 0 Å². The molecule has 2 aliphatic rings. The van der Waals surface area contributed by atoms with E-state index >= 15 is 0 Å². The van der Waals surface area contributed by atoms with Gasteiger partial charge < -0.3 is 10.1 Å². The van der Waals surface area contributed by atoms with Crippen LogP contribution in [0, 0.1) is 17.6 Å². The Hall–Kier alpha value is -1.53. The lowest BCUT2D eigenvalue weighted by Gasteiger charge is -2.26. The zero-order valence-electron chi connectivity index (χ0n) is 13.8. The molecule has 2 fully saturated rings. The average molecular weight is 338 g/mol. The number of rotatable bonds is 5. The predicted octanol–water partition coefficient (Wildman–Crippen LogP) is 2.47. The van der Waals surface area contributed by atoms with Crippen molar-refractivity contribution in [2.24, 2.45) is 5.92 Å². The van der Waals surface area contributed by atoms with Gasteiger partial charge in [0.25, 0.3) is 0 Å². The van der Waals surface area contributed by atoms with E-state index in [-0.39, 0.29) is 24.1 Å². The number of hydrogen-bond donors (Lipinski definition) is 1. The molecule has 0 aliphatic carbocycles. The molecule has 24 heavy (non-hydrogen) atoms. The minimum absolute atomic E-state index is 0.0317. The summed E-state index contributed by atoms with van der Waals surface area (Å²) < 4.78 is 33.0. The molecule has 0 radical (unpaired) electrons. The first-order valence-corrected chi connectivity index (χ1v) is 8.67. The Balaban J connectivity index is 1.57. The van der Waals surface area contributed by atoms with E-state index in [1.54, 1.807) is 0 Å². The molecule has 3 rings (SSSR count). The fraction of sp³-hybridized carbons (Fsp3) is 0.611. The quantitative estimate of drug-likeness (QED) is 0.897. The van der Waals surface area contributed by atoms with E-state index in [4.69, 9.17) is 4.74 Å². The number of benzene rings is 1. The Morgan fingerprint density at radius 3 is 2.62 bits per heavy atom. The summed E-state index contributed by atoms with van der Waals surface area (Å²) in [5, 5.41) is 3.02. The summed E-state index contributed by atoms with van der Waals surface area (Å²) in [5.74, 6) is -0.677. The number of nitrogens with one attached hydrogen (secondary N) is 1. The number of amides is 1. The molecule has 0 saturated carbocycles. The summed E-state index contributed by atoms with van der Waals surface area (Å²) in [6, 6.07) is 3.57. The maximum absolute atomic E-state index is 13.8. The smallest absolute Gasteiger partial charge is 0.237 e. The SMILES string of the molecule is O=C(NCC1CCOCC1)C1CCCN1Cc1c(F)cccc1F. The van der Waals surface area contributed by atoms with Crippen LogP contribution in [0.4, 0.5) is 8.78 Å². The van der Waals surface area contributed by atoms with Gasteiger partial charge in [0, 0.05) is 31.9 Å². The normalized spacial score (nSPS) is 22.7. The van der Waals surface area contributed by atoms with E-state index in [1.165, 1.54) is 18.2 Å². The van der Waals surface area contributed by atoms with Crippen LogP contribution in [0.5, 0.6) is 0 Å². The van der Waals surface area contributed by atoms with Crippen LogP contribution in [0.25, 0.3) is 0 Å². The Labute approximate surface area is 141 Å². The van der Waals surface area contributed by atoms with Crippen LogP contribution >= 0.6 is 0 Å². The molecule has 1 aromatic rings. The maximum Gasteiger partial charge on any atom is 0.237 e. The van der Waals surface area contributed by atoms with Crippen LogP contribution in [0.15, 0.2) is 18.2 Å². The number of likely N-dealkylation sites (tertiary alicyclic amines) is 1. The second-order valence-electron chi connectivity index (χ2n) is 6.63. The molecule has 1 N–H and O–H groups in total. The zero-order chi connectivity index (χ0) is 16.9. The lowest BCUT2D eigenvalue weighted by molar-refractivity contribution is -0.126. The first kappa shape index (κ1) is 17.3. The number of ether oxygens (including phenoxy) is 1. The highest BCUT2D eigenvalue weighted by molar-refractivity contribution is 5.82. The minimum Gasteiger partial charge on any atom is -0.381 e. The highest BCUT2D eigenvalue weighted by atomic mass is 19.1. The van der Waals surface area contributed by atoms with E-state index in [0.29, 0.717) is 19.0 Å². The third-order valence-corrected chi connectivity index (χ3v) is 5.00. The van der Waals surface area contributed by atoms with E-state index in [9.17, 15) is 13.6 Å². The van der Waals surface area contributed by atoms with Gasteiger partial charge in [-0.2, -0.15) is 0 Å². The van der Waals surface area contributed by atoms with Crippen molar-refractivity contribution in [3.05, 3.63) is 35.4 Å². The lowest BCUT2D eigenvalue weighted by atomic mass is 10.0. The van der Waals surface area contributed by atoms with Gasteiger partial charge in [-0.25, -0.2) is 8.78 Å². The van der Waals surface area contributed by atoms with E-state index in [0.717, 1.165) is 38.9 Å². The van der Waals surface area contributed by atoms with Crippen molar-refractivity contribution in [1.82, 2.24) is 10.2 Å². The predicted molar refractivity (Wildman–Crippen MR) is 86.3 cm³/mol. The zero-order valence-corrected chi connectivity index (χ0v) is 13.8. The third kappa shape index (κ3) is 4.11. The van der Waals surface area contributed by atoms with E-state index in [1.807, 2.05) is 4.90 Å². The number of nitrogens with zero attached hydrogens (tertiary/aromatic N) is 1. The number of carbonyl (C=O) groups is 1. The van der Waals surface area contributed by atoms with Gasteiger partial charge in [-0.3, -0.25) is 9.69 Å². The molecule has 0 aromatic heterocycles. The van der Waals surface area contributed by atoms with E-state index in [2.05, 4.69) is 5.32 Å². The van der Waals surface area contributed by atoms with Crippen LogP contribution in [-0.2, 0) is 16.1 Å². The molecule has 1 atom stereocenters. The molecular weight excluding hydrogens is 314 g/mol. The number of halogens is 2. The molecule has 132 valence electrons. The molecular formula is C18H24F2N2O2. The van der Waals surface area contributed by atoms with Gasteiger partial charge in [-0.1, -0.05) is 6.07 Å². The van der Waals surface area contributed by atoms with Crippen molar-refractivity contribution in [1.29, 1.82) is 0 Å². The van der Waals surface area contributed by atoms with Gasteiger partial charge in [0.2, 0.25) is 5.91 Å². The van der Waals surface area contributed by atoms with Gasteiger partial charge >= 0.3 is 0 Å². The highest BCUT2D eigenvalue weighted by Gasteiger charge is 2.32. The van der Waals surface area contributed by atoms with Crippen LogP contribution in [-0.4, -0.2) is 43.2 Å². The summed E-state index contributed by atoms with van der Waals surface area (Å²) in [6.07, 6.45) is 3.53. The van der Waals surface area contributed by atoms with Crippen molar-refractivity contribution in [2.75, 3.05) is 26.3 Å². The second-order valence-corrected chi connectivity index (χ2v) is 6.63. The Kier molecular flexibility index (Phi) is 5.79. The minimum atomic E-state index is -0.553. The summed E-state index contributed by atoms with van der Waals surface area (Å²) in [5.41, 5.74) is 0.0432. The average Bonchev–Trinajstić information content (AvgIpc) is 3.05. The highest BCUT2D eigenvalue weighted by Crippen LogP contribution is 2.23. The van der Waals surface area contributed by atoms with Crippen LogP contribution in [0.2, 0.25) is 0 Å². The summed E-state index contributed by atoms with van der Waals surface area (Å²) in [4.78, 5) is 14.4. The number of hydrogen-bond acceptors (Lipinski definition) is 3. The summed E-state index contributed by atoms with van der Waals surface area (Å²) in [6.45, 7) is 2.98. The fourth-order valence-corrected chi connectivity index (χ4v) is 3.51. The van der Waals surface area contributed by atoms with Crippen LogP contribution in [0.3, 0.4) is 0 Å². The fourth-order valence-electron chi connectivity index (χ4n) is 3.51. The Morgan fingerprint density at radius 1 is 1.21 bits per heavy atom. The molecule has 2 saturated heterocycles. The van der Waals surface area contributed by atoms with Gasteiger partial charge in [-0.15, -0.1) is 0 Å². The molecule has 6 heteroatoms. The first-order chi connectivity index (χ1) is 11.6. The second kappa shape index (κ2) is 8.03. The molecule has 0 spiro atoms. The molecule has 4 nitrogen and oxygen atoms in total. The lowest BCUT2D eigenvalue weighted by Crippen LogP contribution is -2.44. The molecule has 1 aromatic carbocycles. The maximum atomic E-state index is 13.8. The van der Waals surface area contributed by atoms with Crippen LogP contribution in [0.1, 0.15) is 31.2 Å². The third-order valence-electron chi connectivity index (χ3n) is 5.00. The Bertz CT molecular complexity index is 556. The molecule has 2 heterocycles. The largest absolute Gasteiger partial charge is 0.381 e. The number of carbonyl (C=O) groups excluding carboxylic acids is 1. The Morgan fingerprint density at radius 2 is 1.92 bits per heavy atom. The molecule has 1 amide bonds. The summed E-state index contributed by atoms with van der Waals surface area (Å²) in [7, 11) is 0. The first-order valence-electron chi connectivity index (χ1n) is 8.67. The van der Waals surface area contributed by atoms with Gasteiger partial charge in [0.1, 0.15) is 11.6 Å². The van der Waals surface area contributed by atoms with Gasteiger partial charge in [0.15, 0.2) is 0 Å². The van der Waals surface area contributed by atoms with Crippen molar-refractivity contribution < 1.29 is 18.3 Å². The van der Waals surface area contributed by atoms with Crippen molar-refractivity contribution in [3.8, 4) is 0 Å². The molecule has 0 bridgehead atoms. The van der Waals surface area contributed by atoms with E-state index < -0.39 is 11.6 Å². The van der Waals surface area contributed by atoms with Gasteiger partial charge in [-0.05, 0) is 50.3 Å². The van der Waals surface area contributed by atoms with Crippen molar-refractivity contribution >= 4 is 5.91 Å². The molecule has 2 aliphatic heterocycles. The molecule has 1 unspecified atom stereocenters.